The molecular weight excluding hydrogens is 234 g/mol. The van der Waals surface area contributed by atoms with Crippen molar-refractivity contribution in [3.05, 3.63) is 33.6 Å². The largest absolute Gasteiger partial charge is 0.308 e. The number of nitro benzene ring substituents is 1. The fourth-order valence-electron chi connectivity index (χ4n) is 1.81. The van der Waals surface area contributed by atoms with Gasteiger partial charge in [0.2, 0.25) is 0 Å². The highest BCUT2D eigenvalue weighted by molar-refractivity contribution is 5.95. The monoisotopic (exact) mass is 247 g/mol. The minimum atomic E-state index is -0.442. The Morgan fingerprint density at radius 3 is 2.72 bits per heavy atom. The van der Waals surface area contributed by atoms with Crippen molar-refractivity contribution in [3.63, 3.8) is 0 Å². The van der Waals surface area contributed by atoms with Gasteiger partial charge in [-0.1, -0.05) is 6.92 Å². The first-order valence-electron chi connectivity index (χ1n) is 5.49. The van der Waals surface area contributed by atoms with Crippen LogP contribution >= 0.6 is 0 Å². The minimum absolute atomic E-state index is 0.0291. The van der Waals surface area contributed by atoms with Gasteiger partial charge in [0, 0.05) is 12.5 Å². The maximum Gasteiger partial charge on any atom is 0.295 e. The van der Waals surface area contributed by atoms with Gasteiger partial charge >= 0.3 is 0 Å². The number of aromatic nitrogens is 2. The van der Waals surface area contributed by atoms with Crippen LogP contribution in [0.4, 0.5) is 11.5 Å². The van der Waals surface area contributed by atoms with Gasteiger partial charge in [-0.15, -0.1) is 0 Å². The molecule has 7 heteroatoms. The van der Waals surface area contributed by atoms with Crippen LogP contribution in [-0.2, 0) is 6.42 Å². The van der Waals surface area contributed by atoms with E-state index in [1.807, 2.05) is 6.92 Å². The molecule has 94 valence electrons. The van der Waals surface area contributed by atoms with Crippen molar-refractivity contribution in [2.24, 2.45) is 5.84 Å². The molecule has 2 rings (SSSR count). The van der Waals surface area contributed by atoms with Crippen molar-refractivity contribution in [2.45, 2.75) is 20.3 Å². The Morgan fingerprint density at radius 2 is 2.17 bits per heavy atom. The van der Waals surface area contributed by atoms with E-state index in [4.69, 9.17) is 5.84 Å². The lowest BCUT2D eigenvalue weighted by molar-refractivity contribution is -0.383. The number of rotatable bonds is 3. The number of nitrogens with zero attached hydrogens (tertiary/aromatic N) is 3. The number of hydrazine groups is 1. The number of aryl methyl sites for hydroxylation is 2. The summed E-state index contributed by atoms with van der Waals surface area (Å²) in [5.74, 6) is 6.33. The zero-order valence-electron chi connectivity index (χ0n) is 10.1. The number of hydrogen-bond donors (Lipinski definition) is 2. The molecule has 0 aliphatic carbocycles. The zero-order valence-corrected chi connectivity index (χ0v) is 10.1. The molecule has 0 saturated carbocycles. The number of nitrogens with one attached hydrogen (secondary N) is 1. The lowest BCUT2D eigenvalue weighted by atomic mass is 10.1. The molecule has 0 spiro atoms. The van der Waals surface area contributed by atoms with E-state index in [0.29, 0.717) is 29.0 Å². The summed E-state index contributed by atoms with van der Waals surface area (Å²) in [6.45, 7) is 3.65. The normalized spacial score (nSPS) is 10.6. The van der Waals surface area contributed by atoms with Gasteiger partial charge in [0.05, 0.1) is 10.3 Å². The summed E-state index contributed by atoms with van der Waals surface area (Å²) in [6.07, 6.45) is 0.579. The van der Waals surface area contributed by atoms with Crippen molar-refractivity contribution in [2.75, 3.05) is 5.43 Å². The minimum Gasteiger partial charge on any atom is -0.308 e. The Hall–Kier alpha value is -2.28. The number of nitrogens with two attached hydrogens (primary N) is 1. The number of non-ortho nitro benzene ring substituents is 1. The molecule has 0 aliphatic rings. The van der Waals surface area contributed by atoms with Gasteiger partial charge in [-0.05, 0) is 18.6 Å². The van der Waals surface area contributed by atoms with Gasteiger partial charge < -0.3 is 5.43 Å². The van der Waals surface area contributed by atoms with Crippen molar-refractivity contribution < 1.29 is 4.92 Å². The molecule has 0 saturated heterocycles. The number of benzene rings is 1. The molecule has 1 aromatic heterocycles. The maximum atomic E-state index is 11.1. The molecule has 0 unspecified atom stereocenters. The third-order valence-electron chi connectivity index (χ3n) is 2.62. The van der Waals surface area contributed by atoms with Gasteiger partial charge in [-0.25, -0.2) is 15.8 Å². The third-order valence-corrected chi connectivity index (χ3v) is 2.62. The summed E-state index contributed by atoms with van der Waals surface area (Å²) in [7, 11) is 0. The van der Waals surface area contributed by atoms with Crippen molar-refractivity contribution in [1.82, 2.24) is 9.97 Å². The second kappa shape index (κ2) is 4.53. The molecule has 0 amide bonds. The molecule has 2 aromatic rings. The molecule has 7 nitrogen and oxygen atoms in total. The standard InChI is InChI=1S/C11H13N5O2/c1-3-9-13-10-7(11(14-9)15-12)4-6(2)5-8(10)16(17)18/h4-5H,3,12H2,1-2H3,(H,13,14,15). The van der Waals surface area contributed by atoms with E-state index in [2.05, 4.69) is 15.4 Å². The summed E-state index contributed by atoms with van der Waals surface area (Å²) in [4.78, 5) is 19.0. The van der Waals surface area contributed by atoms with E-state index in [1.165, 1.54) is 6.07 Å². The van der Waals surface area contributed by atoms with Gasteiger partial charge in [0.1, 0.15) is 5.82 Å². The van der Waals surface area contributed by atoms with Crippen LogP contribution in [0.15, 0.2) is 12.1 Å². The highest BCUT2D eigenvalue weighted by atomic mass is 16.6. The first-order valence-corrected chi connectivity index (χ1v) is 5.49. The van der Waals surface area contributed by atoms with Gasteiger partial charge in [0.25, 0.3) is 5.69 Å². The van der Waals surface area contributed by atoms with Crippen molar-refractivity contribution in [3.8, 4) is 0 Å². The van der Waals surface area contributed by atoms with Crippen LogP contribution in [0.5, 0.6) is 0 Å². The topological polar surface area (TPSA) is 107 Å². The smallest absolute Gasteiger partial charge is 0.295 e. The Bertz CT molecular complexity index is 626. The average molecular weight is 247 g/mol. The molecule has 1 aromatic carbocycles. The van der Waals surface area contributed by atoms with E-state index >= 15 is 0 Å². The number of fused-ring (bicyclic) bond motifs is 1. The summed E-state index contributed by atoms with van der Waals surface area (Å²) >= 11 is 0. The van der Waals surface area contributed by atoms with Crippen LogP contribution in [0.1, 0.15) is 18.3 Å². The van der Waals surface area contributed by atoms with Crippen LogP contribution in [-0.4, -0.2) is 14.9 Å². The van der Waals surface area contributed by atoms with E-state index in [0.717, 1.165) is 5.56 Å². The molecular formula is C11H13N5O2. The Kier molecular flexibility index (Phi) is 3.07. The van der Waals surface area contributed by atoms with Gasteiger partial charge in [0.15, 0.2) is 11.3 Å². The third kappa shape index (κ3) is 1.95. The first kappa shape index (κ1) is 12.2. The second-order valence-corrected chi connectivity index (χ2v) is 3.92. The van der Waals surface area contributed by atoms with Crippen LogP contribution in [0.25, 0.3) is 10.9 Å². The van der Waals surface area contributed by atoms with Gasteiger partial charge in [-0.2, -0.15) is 0 Å². The number of hydrogen-bond acceptors (Lipinski definition) is 6. The zero-order chi connectivity index (χ0) is 13.3. The molecule has 0 atom stereocenters. The van der Waals surface area contributed by atoms with E-state index < -0.39 is 4.92 Å². The van der Waals surface area contributed by atoms with Crippen LogP contribution in [0, 0.1) is 17.0 Å². The lowest BCUT2D eigenvalue weighted by Crippen LogP contribution is -2.11. The van der Waals surface area contributed by atoms with E-state index in [9.17, 15) is 10.1 Å². The Labute approximate surface area is 103 Å². The molecule has 0 aliphatic heterocycles. The summed E-state index contributed by atoms with van der Waals surface area (Å²) in [5, 5.41) is 11.6. The SMILES string of the molecule is CCc1nc(NN)c2cc(C)cc([N+](=O)[O-])c2n1. The summed E-state index contributed by atoms with van der Waals surface area (Å²) in [6, 6.07) is 3.27. The number of nitro groups is 1. The van der Waals surface area contributed by atoms with Crippen molar-refractivity contribution >= 4 is 22.4 Å². The molecule has 0 bridgehead atoms. The lowest BCUT2D eigenvalue weighted by Gasteiger charge is -2.08. The van der Waals surface area contributed by atoms with Crippen LogP contribution in [0.3, 0.4) is 0 Å². The van der Waals surface area contributed by atoms with Crippen molar-refractivity contribution in [1.29, 1.82) is 0 Å². The predicted molar refractivity (Wildman–Crippen MR) is 68.1 cm³/mol. The maximum absolute atomic E-state index is 11.1. The fraction of sp³-hybridized carbons (Fsp3) is 0.273. The van der Waals surface area contributed by atoms with Gasteiger partial charge in [-0.3, -0.25) is 10.1 Å². The fourth-order valence-corrected chi connectivity index (χ4v) is 1.81. The average Bonchev–Trinajstić information content (AvgIpc) is 2.36. The second-order valence-electron chi connectivity index (χ2n) is 3.92. The Balaban J connectivity index is 2.89. The summed E-state index contributed by atoms with van der Waals surface area (Å²) < 4.78 is 0. The number of nitrogen functional groups attached to an aromatic ring is 1. The molecule has 0 fully saturated rings. The highest BCUT2D eigenvalue weighted by Gasteiger charge is 2.18. The van der Waals surface area contributed by atoms with E-state index in [-0.39, 0.29) is 5.69 Å². The molecule has 0 radical (unpaired) electrons. The molecule has 3 N–H and O–H groups in total. The number of anilines is 1. The van der Waals surface area contributed by atoms with Crippen LogP contribution in [0.2, 0.25) is 0 Å². The van der Waals surface area contributed by atoms with Crippen LogP contribution < -0.4 is 11.3 Å². The summed E-state index contributed by atoms with van der Waals surface area (Å²) in [5.41, 5.74) is 3.51. The quantitative estimate of drug-likeness (QED) is 0.485. The van der Waals surface area contributed by atoms with E-state index in [1.54, 1.807) is 13.0 Å². The highest BCUT2D eigenvalue weighted by Crippen LogP contribution is 2.29. The molecule has 1 heterocycles. The Morgan fingerprint density at radius 1 is 1.44 bits per heavy atom. The first-order chi connectivity index (χ1) is 8.56. The molecule has 18 heavy (non-hydrogen) atoms. The predicted octanol–water partition coefficient (Wildman–Crippen LogP) is 1.69.